The molecule has 0 radical (unpaired) electrons. The Hall–Kier alpha value is -3.19. The Labute approximate surface area is 154 Å². The van der Waals surface area contributed by atoms with Gasteiger partial charge >= 0.3 is 0 Å². The van der Waals surface area contributed by atoms with Crippen LogP contribution in [0.15, 0.2) is 63.6 Å². The quantitative estimate of drug-likeness (QED) is 0.548. The minimum Gasteiger partial charge on any atom is -0.351 e. The molecule has 0 aliphatic rings. The summed E-state index contributed by atoms with van der Waals surface area (Å²) in [5.74, 6) is 1.90. The molecule has 2 heterocycles. The van der Waals surface area contributed by atoms with Gasteiger partial charge in [-0.05, 0) is 29.4 Å². The van der Waals surface area contributed by atoms with E-state index in [1.54, 1.807) is 12.1 Å². The predicted molar refractivity (Wildman–Crippen MR) is 96.7 cm³/mol. The summed E-state index contributed by atoms with van der Waals surface area (Å²) in [6.45, 7) is 0.533. The molecule has 4 aromatic rings. The van der Waals surface area contributed by atoms with Crippen LogP contribution >= 0.6 is 11.6 Å². The summed E-state index contributed by atoms with van der Waals surface area (Å²) in [5.41, 5.74) is 1.68. The molecule has 2 aromatic heterocycles. The van der Waals surface area contributed by atoms with E-state index in [2.05, 4.69) is 25.6 Å². The van der Waals surface area contributed by atoms with Crippen LogP contribution in [-0.4, -0.2) is 26.8 Å². The Balaban J connectivity index is 1.35. The second-order valence-electron chi connectivity index (χ2n) is 5.49. The number of hydrogen-bond donors (Lipinski definition) is 1. The molecule has 2 aromatic carbocycles. The molecule has 0 saturated heterocycles. The van der Waals surface area contributed by atoms with Crippen LogP contribution in [0.5, 0.6) is 0 Å². The molecule has 0 unspecified atom stereocenters. The normalized spacial score (nSPS) is 10.8. The third-order valence-electron chi connectivity index (χ3n) is 3.62. The highest BCUT2D eigenvalue weighted by Gasteiger charge is 2.11. The first kappa shape index (κ1) is 16.3. The lowest BCUT2D eigenvalue weighted by Gasteiger charge is -1.96. The van der Waals surface area contributed by atoms with Crippen molar-refractivity contribution in [3.05, 3.63) is 65.5 Å². The highest BCUT2D eigenvalue weighted by molar-refractivity contribution is 6.30. The maximum absolute atomic E-state index is 5.98. The van der Waals surface area contributed by atoms with Crippen LogP contribution in [0.2, 0.25) is 5.02 Å². The molecule has 1 N–H and O–H groups in total. The number of anilines is 1. The first-order chi connectivity index (χ1) is 12.8. The van der Waals surface area contributed by atoms with Crippen LogP contribution in [0.4, 0.5) is 5.95 Å². The Morgan fingerprint density at radius 1 is 0.885 bits per heavy atom. The highest BCUT2D eigenvalue weighted by Crippen LogP contribution is 2.20. The van der Waals surface area contributed by atoms with Gasteiger partial charge in [0.15, 0.2) is 0 Å². The topological polar surface area (TPSA) is 89.9 Å². The molecule has 0 bridgehead atoms. The second kappa shape index (κ2) is 7.37. The van der Waals surface area contributed by atoms with Crippen molar-refractivity contribution >= 4 is 17.5 Å². The number of nitrogens with zero attached hydrogens (tertiary/aromatic N) is 4. The van der Waals surface area contributed by atoms with Crippen LogP contribution in [0.3, 0.4) is 0 Å². The van der Waals surface area contributed by atoms with Crippen LogP contribution in [0, 0.1) is 0 Å². The third kappa shape index (κ3) is 3.73. The summed E-state index contributed by atoms with van der Waals surface area (Å²) in [6.07, 6.45) is 0.531. The molecule has 7 nitrogen and oxygen atoms in total. The molecule has 0 fully saturated rings. The number of benzene rings is 2. The van der Waals surface area contributed by atoms with E-state index in [4.69, 9.17) is 20.6 Å². The molecule has 0 atom stereocenters. The van der Waals surface area contributed by atoms with Crippen molar-refractivity contribution in [3.63, 3.8) is 0 Å². The Morgan fingerprint density at radius 2 is 1.73 bits per heavy atom. The molecular weight excluding hydrogens is 354 g/mol. The van der Waals surface area contributed by atoms with Gasteiger partial charge in [-0.15, -0.1) is 0 Å². The average molecular weight is 368 g/mol. The van der Waals surface area contributed by atoms with E-state index in [1.807, 2.05) is 42.5 Å². The first-order valence-electron chi connectivity index (χ1n) is 7.99. The smallest absolute Gasteiger partial charge is 0.263 e. The summed E-state index contributed by atoms with van der Waals surface area (Å²) in [7, 11) is 0. The summed E-state index contributed by atoms with van der Waals surface area (Å²) < 4.78 is 10.5. The van der Waals surface area contributed by atoms with E-state index in [0.29, 0.717) is 41.5 Å². The van der Waals surface area contributed by atoms with Crippen molar-refractivity contribution in [2.45, 2.75) is 6.42 Å². The van der Waals surface area contributed by atoms with Crippen LogP contribution in [0.25, 0.3) is 22.8 Å². The number of rotatable bonds is 6. The molecule has 0 aliphatic heterocycles. The van der Waals surface area contributed by atoms with E-state index < -0.39 is 0 Å². The lowest BCUT2D eigenvalue weighted by atomic mass is 10.2. The van der Waals surface area contributed by atoms with E-state index in [0.717, 1.165) is 11.1 Å². The fraction of sp³-hybridized carbons (Fsp3) is 0.111. The monoisotopic (exact) mass is 367 g/mol. The summed E-state index contributed by atoms with van der Waals surface area (Å²) >= 11 is 5.98. The van der Waals surface area contributed by atoms with Crippen LogP contribution in [0.1, 0.15) is 5.89 Å². The SMILES string of the molecule is Clc1cccc(-c2noc(CCNc3noc(-c4ccccc4)n3)n2)c1. The zero-order valence-electron chi connectivity index (χ0n) is 13.6. The van der Waals surface area contributed by atoms with E-state index >= 15 is 0 Å². The van der Waals surface area contributed by atoms with Gasteiger partial charge in [-0.25, -0.2) is 0 Å². The Bertz CT molecular complexity index is 1000. The molecule has 8 heteroatoms. The van der Waals surface area contributed by atoms with Crippen molar-refractivity contribution in [1.29, 1.82) is 0 Å². The van der Waals surface area contributed by atoms with Crippen LogP contribution in [-0.2, 0) is 6.42 Å². The maximum atomic E-state index is 5.98. The Kier molecular flexibility index (Phi) is 4.61. The molecule has 0 aliphatic carbocycles. The zero-order chi connectivity index (χ0) is 17.8. The van der Waals surface area contributed by atoms with Gasteiger partial charge in [0.05, 0.1) is 0 Å². The summed E-state index contributed by atoms with van der Waals surface area (Å²) in [5, 5.41) is 11.6. The van der Waals surface area contributed by atoms with Crippen molar-refractivity contribution in [3.8, 4) is 22.8 Å². The number of hydrogen-bond acceptors (Lipinski definition) is 7. The average Bonchev–Trinajstić information content (AvgIpc) is 3.32. The van der Waals surface area contributed by atoms with Gasteiger partial charge in [-0.3, -0.25) is 0 Å². The fourth-order valence-corrected chi connectivity index (χ4v) is 2.57. The van der Waals surface area contributed by atoms with E-state index in [1.165, 1.54) is 0 Å². The first-order valence-corrected chi connectivity index (χ1v) is 8.37. The van der Waals surface area contributed by atoms with Gasteiger partial charge in [-0.1, -0.05) is 47.1 Å². The summed E-state index contributed by atoms with van der Waals surface area (Å²) in [6, 6.07) is 16.9. The minimum absolute atomic E-state index is 0.415. The molecule has 26 heavy (non-hydrogen) atoms. The van der Waals surface area contributed by atoms with Gasteiger partial charge in [0.2, 0.25) is 11.7 Å². The third-order valence-corrected chi connectivity index (χ3v) is 3.85. The Morgan fingerprint density at radius 3 is 2.58 bits per heavy atom. The van der Waals surface area contributed by atoms with Gasteiger partial charge in [0.25, 0.3) is 11.8 Å². The number of halogens is 1. The van der Waals surface area contributed by atoms with E-state index in [9.17, 15) is 0 Å². The molecule has 0 spiro atoms. The lowest BCUT2D eigenvalue weighted by molar-refractivity contribution is 0.381. The van der Waals surface area contributed by atoms with Gasteiger partial charge in [-0.2, -0.15) is 9.97 Å². The lowest BCUT2D eigenvalue weighted by Crippen LogP contribution is -2.06. The van der Waals surface area contributed by atoms with Gasteiger partial charge in [0, 0.05) is 29.1 Å². The standard InChI is InChI=1S/C18H14ClN5O2/c19-14-8-4-7-13(11-14)16-21-15(25-23-16)9-10-20-18-22-17(26-24-18)12-5-2-1-3-6-12/h1-8,11H,9-10H2,(H,20,24). The van der Waals surface area contributed by atoms with Crippen molar-refractivity contribution in [2.24, 2.45) is 0 Å². The second-order valence-corrected chi connectivity index (χ2v) is 5.92. The van der Waals surface area contributed by atoms with Crippen molar-refractivity contribution < 1.29 is 9.05 Å². The fourth-order valence-electron chi connectivity index (χ4n) is 2.38. The van der Waals surface area contributed by atoms with Gasteiger partial charge < -0.3 is 14.4 Å². The number of nitrogens with one attached hydrogen (secondary N) is 1. The highest BCUT2D eigenvalue weighted by atomic mass is 35.5. The maximum Gasteiger partial charge on any atom is 0.263 e. The summed E-state index contributed by atoms with van der Waals surface area (Å²) in [4.78, 5) is 8.67. The largest absolute Gasteiger partial charge is 0.351 e. The molecule has 0 saturated carbocycles. The molecular formula is C18H14ClN5O2. The van der Waals surface area contributed by atoms with Crippen molar-refractivity contribution in [1.82, 2.24) is 20.3 Å². The molecule has 0 amide bonds. The zero-order valence-corrected chi connectivity index (χ0v) is 14.3. The van der Waals surface area contributed by atoms with Crippen molar-refractivity contribution in [2.75, 3.05) is 11.9 Å². The molecule has 4 rings (SSSR count). The van der Waals surface area contributed by atoms with Gasteiger partial charge in [0.1, 0.15) is 0 Å². The van der Waals surface area contributed by atoms with E-state index in [-0.39, 0.29) is 0 Å². The number of aromatic nitrogens is 4. The van der Waals surface area contributed by atoms with Crippen LogP contribution < -0.4 is 5.32 Å². The minimum atomic E-state index is 0.415. The molecule has 130 valence electrons. The predicted octanol–water partition coefficient (Wildman–Crippen LogP) is 4.09.